The number of nitrogens with one attached hydrogen (secondary N) is 1. The predicted octanol–water partition coefficient (Wildman–Crippen LogP) is 3.67. The van der Waals surface area contributed by atoms with E-state index in [9.17, 15) is 4.79 Å². The number of carbonyl (C=O) groups is 1. The van der Waals surface area contributed by atoms with E-state index in [0.717, 1.165) is 22.6 Å². The van der Waals surface area contributed by atoms with Gasteiger partial charge in [0.1, 0.15) is 0 Å². The Morgan fingerprint density at radius 2 is 2.04 bits per heavy atom. The minimum Gasteiger partial charge on any atom is -0.305 e. The number of anilines is 1. The highest BCUT2D eigenvalue weighted by atomic mass is 32.2. The number of aryl methyl sites for hydroxylation is 2. The van der Waals surface area contributed by atoms with Gasteiger partial charge >= 0.3 is 0 Å². The Hall–Kier alpha value is -2.19. The average Bonchev–Trinajstić information content (AvgIpc) is 3.14. The van der Waals surface area contributed by atoms with Crippen molar-refractivity contribution in [3.05, 3.63) is 40.9 Å². The van der Waals surface area contributed by atoms with E-state index in [-0.39, 0.29) is 11.2 Å². The van der Waals surface area contributed by atoms with Crippen molar-refractivity contribution < 1.29 is 4.79 Å². The lowest BCUT2D eigenvalue weighted by atomic mass is 10.1. The quantitative estimate of drug-likeness (QED) is 0.691. The summed E-state index contributed by atoms with van der Waals surface area (Å²) in [6.45, 7) is 5.79. The molecular formula is C17H19N5OS2. The van der Waals surface area contributed by atoms with Gasteiger partial charge in [-0.2, -0.15) is 0 Å². The first-order valence-electron chi connectivity index (χ1n) is 7.80. The molecule has 2 aromatic heterocycles. The molecule has 0 spiro atoms. The zero-order valence-electron chi connectivity index (χ0n) is 14.5. The molecule has 1 N–H and O–H groups in total. The second-order valence-corrected chi connectivity index (χ2v) is 7.89. The van der Waals surface area contributed by atoms with Crippen LogP contribution >= 0.6 is 23.1 Å². The van der Waals surface area contributed by atoms with Crippen LogP contribution in [0, 0.1) is 13.8 Å². The van der Waals surface area contributed by atoms with Crippen molar-refractivity contribution in [2.24, 2.45) is 7.05 Å². The molecule has 0 unspecified atom stereocenters. The lowest BCUT2D eigenvalue weighted by Gasteiger charge is -2.10. The number of carbonyl (C=O) groups excluding carboxylic acids is 1. The van der Waals surface area contributed by atoms with Gasteiger partial charge in [0.2, 0.25) is 5.91 Å². The van der Waals surface area contributed by atoms with E-state index in [1.165, 1.54) is 23.1 Å². The van der Waals surface area contributed by atoms with E-state index in [4.69, 9.17) is 0 Å². The predicted molar refractivity (Wildman–Crippen MR) is 102 cm³/mol. The molecule has 25 heavy (non-hydrogen) atoms. The second kappa shape index (κ2) is 7.37. The Kier molecular flexibility index (Phi) is 5.19. The van der Waals surface area contributed by atoms with Gasteiger partial charge < -0.3 is 9.88 Å². The first kappa shape index (κ1) is 17.6. The molecule has 1 amide bonds. The maximum atomic E-state index is 12.3. The molecule has 0 bridgehead atoms. The summed E-state index contributed by atoms with van der Waals surface area (Å²) in [6, 6.07) is 8.05. The molecule has 1 aromatic carbocycles. The van der Waals surface area contributed by atoms with Gasteiger partial charge in [-0.1, -0.05) is 36.0 Å². The fourth-order valence-corrected chi connectivity index (χ4v) is 3.81. The lowest BCUT2D eigenvalue weighted by Crippen LogP contribution is -2.22. The zero-order chi connectivity index (χ0) is 18.0. The molecule has 3 aromatic rings. The van der Waals surface area contributed by atoms with Gasteiger partial charge in [0, 0.05) is 18.0 Å². The molecule has 2 heterocycles. The maximum Gasteiger partial charge on any atom is 0.239 e. The van der Waals surface area contributed by atoms with E-state index in [2.05, 4.69) is 20.5 Å². The summed E-state index contributed by atoms with van der Waals surface area (Å²) >= 11 is 2.80. The third-order valence-corrected chi connectivity index (χ3v) is 5.73. The largest absolute Gasteiger partial charge is 0.305 e. The van der Waals surface area contributed by atoms with E-state index in [1.807, 2.05) is 62.0 Å². The van der Waals surface area contributed by atoms with Gasteiger partial charge in [-0.05, 0) is 26.3 Å². The minimum absolute atomic E-state index is 0.0974. The van der Waals surface area contributed by atoms with Gasteiger partial charge in [0.15, 0.2) is 16.1 Å². The molecule has 0 radical (unpaired) electrons. The molecule has 130 valence electrons. The third kappa shape index (κ3) is 3.91. The number of thioether (sulfide) groups is 1. The third-order valence-electron chi connectivity index (χ3n) is 3.72. The number of nitrogens with zero attached hydrogens (tertiary/aromatic N) is 4. The maximum absolute atomic E-state index is 12.3. The summed E-state index contributed by atoms with van der Waals surface area (Å²) in [6.07, 6.45) is 0. The fourth-order valence-electron chi connectivity index (χ4n) is 2.31. The molecular weight excluding hydrogens is 354 g/mol. The molecule has 8 heteroatoms. The van der Waals surface area contributed by atoms with Crippen LogP contribution in [0.5, 0.6) is 0 Å². The van der Waals surface area contributed by atoms with E-state index < -0.39 is 0 Å². The van der Waals surface area contributed by atoms with E-state index >= 15 is 0 Å². The van der Waals surface area contributed by atoms with Crippen LogP contribution in [0.1, 0.15) is 18.2 Å². The summed E-state index contributed by atoms with van der Waals surface area (Å²) in [5.41, 5.74) is 3.08. The van der Waals surface area contributed by atoms with Crippen molar-refractivity contribution >= 4 is 34.1 Å². The van der Waals surface area contributed by atoms with Crippen molar-refractivity contribution in [1.82, 2.24) is 19.7 Å². The van der Waals surface area contributed by atoms with Crippen molar-refractivity contribution in [1.29, 1.82) is 0 Å². The number of hydrogen-bond donors (Lipinski definition) is 1. The van der Waals surface area contributed by atoms with Gasteiger partial charge in [0.25, 0.3) is 0 Å². The molecule has 3 rings (SSSR count). The normalized spacial score (nSPS) is 12.2. The van der Waals surface area contributed by atoms with Gasteiger partial charge in [0.05, 0.1) is 10.9 Å². The topological polar surface area (TPSA) is 72.7 Å². The lowest BCUT2D eigenvalue weighted by molar-refractivity contribution is -0.115. The van der Waals surface area contributed by atoms with Crippen LogP contribution in [0.25, 0.3) is 11.4 Å². The minimum atomic E-state index is -0.308. The molecule has 0 saturated heterocycles. The van der Waals surface area contributed by atoms with Crippen LogP contribution < -0.4 is 5.32 Å². The van der Waals surface area contributed by atoms with Crippen molar-refractivity contribution in [2.75, 3.05) is 5.32 Å². The number of hydrogen-bond acceptors (Lipinski definition) is 6. The van der Waals surface area contributed by atoms with Crippen LogP contribution in [0.2, 0.25) is 0 Å². The van der Waals surface area contributed by atoms with Crippen LogP contribution in [0.15, 0.2) is 34.8 Å². The molecule has 0 aliphatic carbocycles. The van der Waals surface area contributed by atoms with Gasteiger partial charge in [-0.3, -0.25) is 4.79 Å². The highest BCUT2D eigenvalue weighted by molar-refractivity contribution is 8.00. The van der Waals surface area contributed by atoms with Crippen LogP contribution in [0.3, 0.4) is 0 Å². The summed E-state index contributed by atoms with van der Waals surface area (Å²) in [7, 11) is 1.92. The first-order chi connectivity index (χ1) is 12.0. The average molecular weight is 374 g/mol. The summed E-state index contributed by atoms with van der Waals surface area (Å²) in [5, 5.41) is 14.3. The molecule has 6 nitrogen and oxygen atoms in total. The number of rotatable bonds is 5. The number of thiazole rings is 1. The molecule has 1 atom stereocenters. The molecule has 0 fully saturated rings. The Balaban J connectivity index is 1.73. The summed E-state index contributed by atoms with van der Waals surface area (Å²) < 4.78 is 1.92. The van der Waals surface area contributed by atoms with E-state index in [1.54, 1.807) is 0 Å². The summed E-state index contributed by atoms with van der Waals surface area (Å²) in [4.78, 5) is 16.6. The van der Waals surface area contributed by atoms with Crippen molar-refractivity contribution in [2.45, 2.75) is 31.2 Å². The Bertz CT molecular complexity index is 902. The molecule has 0 aliphatic heterocycles. The van der Waals surface area contributed by atoms with Crippen LogP contribution in [-0.2, 0) is 11.8 Å². The first-order valence-corrected chi connectivity index (χ1v) is 9.56. The Labute approximate surface area is 154 Å². The smallest absolute Gasteiger partial charge is 0.239 e. The SMILES string of the molecule is Cc1csc(NC(=O)[C@@H](C)Sc2nnc(-c3ccccc3C)n2C)n1. The fraction of sp³-hybridized carbons (Fsp3) is 0.294. The highest BCUT2D eigenvalue weighted by Gasteiger charge is 2.20. The Morgan fingerprint density at radius 1 is 1.28 bits per heavy atom. The van der Waals surface area contributed by atoms with Crippen LogP contribution in [-0.4, -0.2) is 30.9 Å². The Morgan fingerprint density at radius 3 is 2.72 bits per heavy atom. The van der Waals surface area contributed by atoms with Crippen LogP contribution in [0.4, 0.5) is 5.13 Å². The summed E-state index contributed by atoms with van der Waals surface area (Å²) in [5.74, 6) is 0.698. The monoisotopic (exact) mass is 373 g/mol. The highest BCUT2D eigenvalue weighted by Crippen LogP contribution is 2.28. The standard InChI is InChI=1S/C17H19N5OS2/c1-10-7-5-6-8-13(10)14-20-21-17(22(14)4)25-12(3)15(23)19-16-18-11(2)9-24-16/h5-9,12H,1-4H3,(H,18,19,23)/t12-/m1/s1. The van der Waals surface area contributed by atoms with Crippen molar-refractivity contribution in [3.63, 3.8) is 0 Å². The zero-order valence-corrected chi connectivity index (χ0v) is 16.1. The van der Waals surface area contributed by atoms with Crippen molar-refractivity contribution in [3.8, 4) is 11.4 Å². The van der Waals surface area contributed by atoms with Gasteiger partial charge in [-0.25, -0.2) is 4.98 Å². The number of amides is 1. The van der Waals surface area contributed by atoms with E-state index in [0.29, 0.717) is 10.3 Å². The molecule has 0 saturated carbocycles. The number of benzene rings is 1. The number of aromatic nitrogens is 4. The van der Waals surface area contributed by atoms with Gasteiger partial charge in [-0.15, -0.1) is 21.5 Å². The second-order valence-electron chi connectivity index (χ2n) is 5.72. The molecule has 0 aliphatic rings.